The van der Waals surface area contributed by atoms with Crippen LogP contribution in [0.3, 0.4) is 0 Å². The van der Waals surface area contributed by atoms with Gasteiger partial charge in [0, 0.05) is 11.5 Å². The summed E-state index contributed by atoms with van der Waals surface area (Å²) in [6.07, 6.45) is 3.04. The second kappa shape index (κ2) is 5.68. The SMILES string of the molecule is CC(C)C(=O)C(O)CCC1=CC(=O)C=CC1=O. The van der Waals surface area contributed by atoms with Crippen LogP contribution in [-0.4, -0.2) is 28.6 Å². The molecule has 0 heterocycles. The molecule has 0 aliphatic heterocycles. The molecule has 1 aliphatic carbocycles. The van der Waals surface area contributed by atoms with Crippen molar-refractivity contribution in [1.82, 2.24) is 0 Å². The minimum absolute atomic E-state index is 0.176. The van der Waals surface area contributed by atoms with Gasteiger partial charge in [-0.15, -0.1) is 0 Å². The molecule has 0 radical (unpaired) electrons. The van der Waals surface area contributed by atoms with Gasteiger partial charge in [0.2, 0.25) is 0 Å². The number of Topliss-reactive ketones (excluding diaryl/α,β-unsaturated/α-hetero) is 1. The lowest BCUT2D eigenvalue weighted by Gasteiger charge is -2.13. The highest BCUT2D eigenvalue weighted by atomic mass is 16.3. The van der Waals surface area contributed by atoms with Crippen molar-refractivity contribution >= 4 is 17.3 Å². The Hall–Kier alpha value is -1.55. The highest BCUT2D eigenvalue weighted by Crippen LogP contribution is 2.15. The van der Waals surface area contributed by atoms with Gasteiger partial charge in [0.05, 0.1) is 0 Å². The number of aliphatic hydroxyl groups excluding tert-OH is 1. The van der Waals surface area contributed by atoms with Crippen LogP contribution in [-0.2, 0) is 14.4 Å². The maximum absolute atomic E-state index is 11.4. The zero-order valence-electron chi connectivity index (χ0n) is 9.97. The Morgan fingerprint density at radius 1 is 1.29 bits per heavy atom. The van der Waals surface area contributed by atoms with Crippen LogP contribution in [0.25, 0.3) is 0 Å². The third-order valence-corrected chi connectivity index (χ3v) is 2.62. The molecule has 1 unspecified atom stereocenters. The van der Waals surface area contributed by atoms with Crippen LogP contribution in [0, 0.1) is 5.92 Å². The molecule has 1 rings (SSSR count). The predicted octanol–water partition coefficient (Wildman–Crippen LogP) is 0.987. The lowest BCUT2D eigenvalue weighted by Crippen LogP contribution is -2.25. The van der Waals surface area contributed by atoms with E-state index in [1.54, 1.807) is 13.8 Å². The van der Waals surface area contributed by atoms with E-state index in [2.05, 4.69) is 0 Å². The molecule has 17 heavy (non-hydrogen) atoms. The van der Waals surface area contributed by atoms with Crippen molar-refractivity contribution in [3.8, 4) is 0 Å². The predicted molar refractivity (Wildman–Crippen MR) is 62.3 cm³/mol. The van der Waals surface area contributed by atoms with Gasteiger partial charge in [-0.2, -0.15) is 0 Å². The molecule has 92 valence electrons. The van der Waals surface area contributed by atoms with Crippen molar-refractivity contribution in [2.45, 2.75) is 32.8 Å². The summed E-state index contributed by atoms with van der Waals surface area (Å²) in [5.74, 6) is -0.934. The van der Waals surface area contributed by atoms with E-state index in [1.165, 1.54) is 18.2 Å². The number of rotatable bonds is 5. The molecule has 0 spiro atoms. The highest BCUT2D eigenvalue weighted by molar-refractivity contribution is 6.17. The second-order valence-electron chi connectivity index (χ2n) is 4.38. The lowest BCUT2D eigenvalue weighted by atomic mass is 9.94. The Morgan fingerprint density at radius 2 is 1.94 bits per heavy atom. The summed E-state index contributed by atoms with van der Waals surface area (Å²) in [7, 11) is 0. The number of carbonyl (C=O) groups excluding carboxylic acids is 3. The number of hydrogen-bond donors (Lipinski definition) is 1. The molecule has 0 aromatic heterocycles. The summed E-state index contributed by atoms with van der Waals surface area (Å²) in [4.78, 5) is 33.9. The maximum atomic E-state index is 11.4. The van der Waals surface area contributed by atoms with Gasteiger partial charge in [-0.3, -0.25) is 14.4 Å². The van der Waals surface area contributed by atoms with Crippen LogP contribution in [0.1, 0.15) is 26.7 Å². The molecular formula is C13H16O4. The van der Waals surface area contributed by atoms with Gasteiger partial charge < -0.3 is 5.11 Å². The van der Waals surface area contributed by atoms with Crippen LogP contribution in [0.4, 0.5) is 0 Å². The summed E-state index contributed by atoms with van der Waals surface area (Å²) in [6, 6.07) is 0. The molecule has 0 aromatic carbocycles. The van der Waals surface area contributed by atoms with Crippen molar-refractivity contribution < 1.29 is 19.5 Å². The number of allylic oxidation sites excluding steroid dienone is 4. The molecule has 4 nitrogen and oxygen atoms in total. The van der Waals surface area contributed by atoms with Gasteiger partial charge in [-0.05, 0) is 31.1 Å². The number of hydrogen-bond acceptors (Lipinski definition) is 4. The summed E-state index contributed by atoms with van der Waals surface area (Å²) < 4.78 is 0. The lowest BCUT2D eigenvalue weighted by molar-refractivity contribution is -0.130. The first-order valence-electron chi connectivity index (χ1n) is 5.60. The van der Waals surface area contributed by atoms with Gasteiger partial charge in [-0.1, -0.05) is 13.8 Å². The van der Waals surface area contributed by atoms with Crippen molar-refractivity contribution in [3.05, 3.63) is 23.8 Å². The van der Waals surface area contributed by atoms with E-state index >= 15 is 0 Å². The fraction of sp³-hybridized carbons (Fsp3) is 0.462. The van der Waals surface area contributed by atoms with Crippen LogP contribution >= 0.6 is 0 Å². The van der Waals surface area contributed by atoms with Gasteiger partial charge in [0.25, 0.3) is 0 Å². The average molecular weight is 236 g/mol. The molecule has 0 bridgehead atoms. The Kier molecular flexibility index (Phi) is 4.52. The molecule has 0 fully saturated rings. The first-order chi connectivity index (χ1) is 7.91. The van der Waals surface area contributed by atoms with Crippen LogP contribution in [0.5, 0.6) is 0 Å². The van der Waals surface area contributed by atoms with Crippen molar-refractivity contribution in [2.24, 2.45) is 5.92 Å². The van der Waals surface area contributed by atoms with E-state index in [-0.39, 0.29) is 36.1 Å². The molecule has 1 N–H and O–H groups in total. The van der Waals surface area contributed by atoms with E-state index in [0.29, 0.717) is 5.57 Å². The highest BCUT2D eigenvalue weighted by Gasteiger charge is 2.20. The van der Waals surface area contributed by atoms with Crippen molar-refractivity contribution in [1.29, 1.82) is 0 Å². The van der Waals surface area contributed by atoms with Gasteiger partial charge in [0.15, 0.2) is 17.3 Å². The molecule has 0 amide bonds. The Labute approximate surface area is 100 Å². The first kappa shape index (κ1) is 13.5. The number of aliphatic hydroxyl groups is 1. The Bertz CT molecular complexity index is 402. The largest absolute Gasteiger partial charge is 0.385 e. The number of carbonyl (C=O) groups is 3. The first-order valence-corrected chi connectivity index (χ1v) is 5.60. The second-order valence-corrected chi connectivity index (χ2v) is 4.38. The van der Waals surface area contributed by atoms with E-state index in [0.717, 1.165) is 0 Å². The maximum Gasteiger partial charge on any atom is 0.182 e. The molecule has 4 heteroatoms. The summed E-state index contributed by atoms with van der Waals surface area (Å²) >= 11 is 0. The fourth-order valence-corrected chi connectivity index (χ4v) is 1.57. The van der Waals surface area contributed by atoms with E-state index in [1.807, 2.05) is 0 Å². The molecule has 0 saturated heterocycles. The van der Waals surface area contributed by atoms with Gasteiger partial charge in [0.1, 0.15) is 6.10 Å². The third kappa shape index (κ3) is 3.75. The molecule has 0 saturated carbocycles. The zero-order valence-corrected chi connectivity index (χ0v) is 9.97. The minimum atomic E-state index is -1.07. The molecular weight excluding hydrogens is 220 g/mol. The van der Waals surface area contributed by atoms with Crippen molar-refractivity contribution in [2.75, 3.05) is 0 Å². The molecule has 0 aromatic rings. The average Bonchev–Trinajstić information content (AvgIpc) is 2.28. The minimum Gasteiger partial charge on any atom is -0.385 e. The van der Waals surface area contributed by atoms with Crippen LogP contribution in [0.2, 0.25) is 0 Å². The van der Waals surface area contributed by atoms with Crippen LogP contribution < -0.4 is 0 Å². The van der Waals surface area contributed by atoms with E-state index in [9.17, 15) is 19.5 Å². The Balaban J connectivity index is 2.54. The summed E-state index contributed by atoms with van der Waals surface area (Å²) in [5.41, 5.74) is 0.355. The summed E-state index contributed by atoms with van der Waals surface area (Å²) in [5, 5.41) is 9.58. The number of ketones is 3. The smallest absolute Gasteiger partial charge is 0.182 e. The fourth-order valence-electron chi connectivity index (χ4n) is 1.57. The topological polar surface area (TPSA) is 71.4 Å². The standard InChI is InChI=1S/C13H16O4/c1-8(2)13(17)12(16)5-3-9-7-10(14)4-6-11(9)15/h4,6-8,12,16H,3,5H2,1-2H3. The summed E-state index contributed by atoms with van der Waals surface area (Å²) in [6.45, 7) is 3.42. The van der Waals surface area contributed by atoms with Gasteiger partial charge in [-0.25, -0.2) is 0 Å². The Morgan fingerprint density at radius 3 is 2.53 bits per heavy atom. The van der Waals surface area contributed by atoms with Crippen molar-refractivity contribution in [3.63, 3.8) is 0 Å². The van der Waals surface area contributed by atoms with Gasteiger partial charge >= 0.3 is 0 Å². The molecule has 1 aliphatic rings. The monoisotopic (exact) mass is 236 g/mol. The normalized spacial score (nSPS) is 17.3. The quantitative estimate of drug-likeness (QED) is 0.722. The van der Waals surface area contributed by atoms with Crippen LogP contribution in [0.15, 0.2) is 23.8 Å². The molecule has 1 atom stereocenters. The van der Waals surface area contributed by atoms with E-state index < -0.39 is 6.10 Å². The zero-order chi connectivity index (χ0) is 13.0. The third-order valence-electron chi connectivity index (χ3n) is 2.62. The van der Waals surface area contributed by atoms with E-state index in [4.69, 9.17) is 0 Å².